The van der Waals surface area contributed by atoms with Gasteiger partial charge < -0.3 is 24.3 Å². The Morgan fingerprint density at radius 1 is 1.25 bits per heavy atom. The van der Waals surface area contributed by atoms with E-state index in [9.17, 15) is 4.79 Å². The van der Waals surface area contributed by atoms with E-state index in [1.54, 1.807) is 25.3 Å². The molecule has 1 fully saturated rings. The lowest BCUT2D eigenvalue weighted by atomic mass is 10.1. The molecule has 1 aliphatic rings. The number of benzene rings is 1. The third kappa shape index (κ3) is 3.02. The Morgan fingerprint density at radius 3 is 2.75 bits per heavy atom. The molecule has 1 saturated heterocycles. The first-order valence-corrected chi connectivity index (χ1v) is 7.91. The molecule has 1 aromatic heterocycles. The summed E-state index contributed by atoms with van der Waals surface area (Å²) >= 11 is 0. The highest BCUT2D eigenvalue weighted by atomic mass is 16.5. The summed E-state index contributed by atoms with van der Waals surface area (Å²) in [4.78, 5) is 18.0. The van der Waals surface area contributed by atoms with Gasteiger partial charge in [-0.05, 0) is 24.6 Å². The first-order chi connectivity index (χ1) is 11.6. The zero-order valence-corrected chi connectivity index (χ0v) is 14.2. The number of nitrogens with one attached hydrogen (secondary N) is 1. The van der Waals surface area contributed by atoms with Crippen LogP contribution in [0.2, 0.25) is 0 Å². The van der Waals surface area contributed by atoms with Crippen LogP contribution >= 0.6 is 0 Å². The van der Waals surface area contributed by atoms with Gasteiger partial charge in [0.1, 0.15) is 5.82 Å². The second-order valence-electron chi connectivity index (χ2n) is 5.71. The van der Waals surface area contributed by atoms with Crippen LogP contribution in [0.5, 0.6) is 11.5 Å². The molecule has 2 aromatic rings. The number of hydrogen-bond acceptors (Lipinski definition) is 4. The van der Waals surface area contributed by atoms with Crippen molar-refractivity contribution in [2.75, 3.05) is 33.9 Å². The number of aryl methyl sites for hydroxylation is 1. The van der Waals surface area contributed by atoms with Crippen molar-refractivity contribution in [2.45, 2.75) is 13.5 Å². The molecule has 1 aromatic carbocycles. The van der Waals surface area contributed by atoms with E-state index in [2.05, 4.69) is 10.3 Å². The van der Waals surface area contributed by atoms with Gasteiger partial charge in [0.25, 0.3) is 0 Å². The van der Waals surface area contributed by atoms with Crippen LogP contribution in [0.25, 0.3) is 11.4 Å². The second-order valence-corrected chi connectivity index (χ2v) is 5.71. The van der Waals surface area contributed by atoms with Gasteiger partial charge in [0.05, 0.1) is 19.8 Å². The number of ether oxygens (including phenoxy) is 2. The van der Waals surface area contributed by atoms with Crippen LogP contribution in [0.3, 0.4) is 0 Å². The average Bonchev–Trinajstić information content (AvgIpc) is 3.20. The van der Waals surface area contributed by atoms with Crippen LogP contribution in [0.15, 0.2) is 24.5 Å². The fourth-order valence-corrected chi connectivity index (χ4v) is 2.96. The molecule has 0 spiro atoms. The summed E-state index contributed by atoms with van der Waals surface area (Å²) < 4.78 is 13.0. The highest BCUT2D eigenvalue weighted by Gasteiger charge is 2.21. The fraction of sp³-hybridized carbons (Fsp3) is 0.412. The maximum atomic E-state index is 11.7. The zero-order chi connectivity index (χ0) is 17.1. The molecular formula is C17H22N4O3. The molecule has 2 heterocycles. The van der Waals surface area contributed by atoms with Crippen molar-refractivity contribution < 1.29 is 14.3 Å². The van der Waals surface area contributed by atoms with Crippen molar-refractivity contribution in [2.24, 2.45) is 0 Å². The van der Waals surface area contributed by atoms with Gasteiger partial charge in [-0.3, -0.25) is 0 Å². The molecule has 0 bridgehead atoms. The fourth-order valence-electron chi connectivity index (χ4n) is 2.96. The van der Waals surface area contributed by atoms with Crippen molar-refractivity contribution >= 4 is 6.03 Å². The number of nitrogens with zero attached hydrogens (tertiary/aromatic N) is 3. The molecule has 1 aliphatic heterocycles. The van der Waals surface area contributed by atoms with Crippen molar-refractivity contribution in [3.63, 3.8) is 0 Å². The normalized spacial score (nSPS) is 14.0. The van der Waals surface area contributed by atoms with E-state index in [1.807, 2.05) is 29.8 Å². The standard InChI is InChI=1S/C17H22N4O3/c1-12-10-13(15(24-3)14(11-12)23-2)16-18-4-6-20(16)8-9-21-7-5-19-17(21)22/h4,6,10-11H,5,7-9H2,1-3H3,(H,19,22). The van der Waals surface area contributed by atoms with Crippen molar-refractivity contribution in [3.8, 4) is 22.9 Å². The number of methoxy groups -OCH3 is 2. The lowest BCUT2D eigenvalue weighted by molar-refractivity contribution is 0.215. The summed E-state index contributed by atoms with van der Waals surface area (Å²) in [6, 6.07) is 3.96. The van der Waals surface area contributed by atoms with Crippen LogP contribution in [-0.4, -0.2) is 54.3 Å². The Balaban J connectivity index is 1.89. The molecule has 24 heavy (non-hydrogen) atoms. The summed E-state index contributed by atoms with van der Waals surface area (Å²) in [5.74, 6) is 2.14. The van der Waals surface area contributed by atoms with Crippen molar-refractivity contribution in [1.82, 2.24) is 19.8 Å². The topological polar surface area (TPSA) is 68.6 Å². The second kappa shape index (κ2) is 6.82. The van der Waals surface area contributed by atoms with Gasteiger partial charge in [0.15, 0.2) is 11.5 Å². The Bertz CT molecular complexity index is 741. The third-order valence-electron chi connectivity index (χ3n) is 4.14. The molecule has 1 N–H and O–H groups in total. The molecule has 0 atom stereocenters. The minimum absolute atomic E-state index is 0.00790. The van der Waals surface area contributed by atoms with Crippen LogP contribution in [0, 0.1) is 6.92 Å². The summed E-state index contributed by atoms with van der Waals surface area (Å²) in [6.45, 7) is 4.76. The lowest BCUT2D eigenvalue weighted by Gasteiger charge is -2.17. The third-order valence-corrected chi connectivity index (χ3v) is 4.14. The number of hydrogen-bond donors (Lipinski definition) is 1. The zero-order valence-electron chi connectivity index (χ0n) is 14.2. The van der Waals surface area contributed by atoms with Gasteiger partial charge in [-0.15, -0.1) is 0 Å². The number of amides is 2. The molecule has 0 radical (unpaired) electrons. The summed E-state index contributed by atoms with van der Waals surface area (Å²) in [6.07, 6.45) is 3.67. The predicted octanol–water partition coefficient (Wildman–Crippen LogP) is 1.90. The molecule has 2 amide bonds. The monoisotopic (exact) mass is 330 g/mol. The van der Waals surface area contributed by atoms with E-state index in [-0.39, 0.29) is 6.03 Å². The van der Waals surface area contributed by atoms with E-state index in [0.29, 0.717) is 31.1 Å². The predicted molar refractivity (Wildman–Crippen MR) is 90.5 cm³/mol. The minimum Gasteiger partial charge on any atom is -0.493 e. The smallest absolute Gasteiger partial charge is 0.317 e. The van der Waals surface area contributed by atoms with E-state index >= 15 is 0 Å². The number of urea groups is 1. The van der Waals surface area contributed by atoms with Gasteiger partial charge >= 0.3 is 6.03 Å². The molecule has 128 valence electrons. The maximum absolute atomic E-state index is 11.7. The Labute approximate surface area is 141 Å². The van der Waals surface area contributed by atoms with Gasteiger partial charge in [-0.2, -0.15) is 0 Å². The molecule has 0 aliphatic carbocycles. The molecular weight excluding hydrogens is 308 g/mol. The Kier molecular flexibility index (Phi) is 4.59. The van der Waals surface area contributed by atoms with Crippen molar-refractivity contribution in [3.05, 3.63) is 30.1 Å². The molecule has 0 saturated carbocycles. The lowest BCUT2D eigenvalue weighted by Crippen LogP contribution is -2.31. The van der Waals surface area contributed by atoms with E-state index in [4.69, 9.17) is 9.47 Å². The van der Waals surface area contributed by atoms with Crippen LogP contribution < -0.4 is 14.8 Å². The maximum Gasteiger partial charge on any atom is 0.317 e. The SMILES string of the molecule is COc1cc(C)cc(-c2nccn2CCN2CCNC2=O)c1OC. The minimum atomic E-state index is -0.00790. The highest BCUT2D eigenvalue weighted by molar-refractivity contribution is 5.76. The van der Waals surface area contributed by atoms with E-state index < -0.39 is 0 Å². The Hall–Kier alpha value is -2.70. The largest absolute Gasteiger partial charge is 0.493 e. The summed E-state index contributed by atoms with van der Waals surface area (Å²) in [5.41, 5.74) is 1.95. The number of imidazole rings is 1. The van der Waals surface area contributed by atoms with Crippen LogP contribution in [0.4, 0.5) is 4.79 Å². The molecule has 0 unspecified atom stereocenters. The van der Waals surface area contributed by atoms with Gasteiger partial charge in [0, 0.05) is 38.6 Å². The molecule has 7 heteroatoms. The van der Waals surface area contributed by atoms with Crippen LogP contribution in [0.1, 0.15) is 5.56 Å². The first kappa shape index (κ1) is 16.2. The van der Waals surface area contributed by atoms with Gasteiger partial charge in [-0.25, -0.2) is 9.78 Å². The van der Waals surface area contributed by atoms with Crippen LogP contribution in [-0.2, 0) is 6.54 Å². The molecule has 3 rings (SSSR count). The van der Waals surface area contributed by atoms with E-state index in [1.165, 1.54) is 0 Å². The van der Waals surface area contributed by atoms with E-state index in [0.717, 1.165) is 23.5 Å². The number of rotatable bonds is 6. The van der Waals surface area contributed by atoms with Gasteiger partial charge in [-0.1, -0.05) is 0 Å². The first-order valence-electron chi connectivity index (χ1n) is 7.91. The summed E-state index contributed by atoms with van der Waals surface area (Å²) in [7, 11) is 3.25. The number of aromatic nitrogens is 2. The number of carbonyl (C=O) groups is 1. The Morgan fingerprint density at radius 2 is 2.08 bits per heavy atom. The quantitative estimate of drug-likeness (QED) is 0.878. The summed E-state index contributed by atoms with van der Waals surface area (Å²) in [5, 5.41) is 2.81. The average molecular weight is 330 g/mol. The number of carbonyl (C=O) groups excluding carboxylic acids is 1. The van der Waals surface area contributed by atoms with Gasteiger partial charge in [0.2, 0.25) is 0 Å². The highest BCUT2D eigenvalue weighted by Crippen LogP contribution is 2.38. The van der Waals surface area contributed by atoms with Crippen molar-refractivity contribution in [1.29, 1.82) is 0 Å². The molecule has 7 nitrogen and oxygen atoms in total.